The molecule has 2 aromatic rings. The van der Waals surface area contributed by atoms with E-state index in [1.165, 1.54) is 4.90 Å². The summed E-state index contributed by atoms with van der Waals surface area (Å²) in [6, 6.07) is 12.6. The van der Waals surface area contributed by atoms with Crippen LogP contribution in [0.2, 0.25) is 5.02 Å². The number of ether oxygens (including phenoxy) is 1. The van der Waals surface area contributed by atoms with Crippen LogP contribution in [0.25, 0.3) is 0 Å². The average Bonchev–Trinajstić information content (AvgIpc) is 2.56. The fraction of sp³-hybridized carbons (Fsp3) is 0.222. The second kappa shape index (κ2) is 6.53. The van der Waals surface area contributed by atoms with E-state index in [9.17, 15) is 9.59 Å². The first-order chi connectivity index (χ1) is 11.5. The molecule has 2 aromatic carbocycles. The molecule has 124 valence electrons. The van der Waals surface area contributed by atoms with Gasteiger partial charge in [-0.25, -0.2) is 0 Å². The Bertz CT molecular complexity index is 807. The fourth-order valence-corrected chi connectivity index (χ4v) is 2.75. The molecule has 6 heteroatoms. The maximum atomic E-state index is 12.8. The lowest BCUT2D eigenvalue weighted by molar-refractivity contribution is -0.126. The topological polar surface area (TPSA) is 58.6 Å². The number of benzene rings is 2. The van der Waals surface area contributed by atoms with Crippen LogP contribution in [0.15, 0.2) is 42.5 Å². The van der Waals surface area contributed by atoms with Crippen molar-refractivity contribution in [3.8, 4) is 5.75 Å². The van der Waals surface area contributed by atoms with Crippen molar-refractivity contribution in [1.82, 2.24) is 0 Å². The van der Waals surface area contributed by atoms with Crippen molar-refractivity contribution in [3.05, 3.63) is 53.1 Å². The number of para-hydroxylation sites is 2. The monoisotopic (exact) mass is 344 g/mol. The van der Waals surface area contributed by atoms with E-state index in [-0.39, 0.29) is 18.4 Å². The molecule has 0 fully saturated rings. The third-order valence-corrected chi connectivity index (χ3v) is 4.09. The third-order valence-electron chi connectivity index (χ3n) is 3.77. The van der Waals surface area contributed by atoms with Gasteiger partial charge >= 0.3 is 0 Å². The molecule has 3 rings (SSSR count). The number of fused-ring (bicyclic) bond motifs is 1. The molecule has 1 aliphatic rings. The SMILES string of the molecule is Cc1ccc(Cl)c(OC(C)C(=O)N2CC(=O)Nc3ccccc32)c1. The van der Waals surface area contributed by atoms with Crippen LogP contribution in [-0.2, 0) is 9.59 Å². The van der Waals surface area contributed by atoms with Crippen molar-refractivity contribution in [2.24, 2.45) is 0 Å². The highest BCUT2D eigenvalue weighted by molar-refractivity contribution is 6.32. The van der Waals surface area contributed by atoms with Crippen LogP contribution in [0.4, 0.5) is 11.4 Å². The predicted molar refractivity (Wildman–Crippen MR) is 93.7 cm³/mol. The standard InChI is InChI=1S/C18H17ClN2O3/c1-11-7-8-13(19)16(9-11)24-12(2)18(23)21-10-17(22)20-14-5-3-4-6-15(14)21/h3-9,12H,10H2,1-2H3,(H,20,22). The van der Waals surface area contributed by atoms with Gasteiger partial charge in [-0.05, 0) is 43.7 Å². The maximum absolute atomic E-state index is 12.8. The van der Waals surface area contributed by atoms with Crippen molar-refractivity contribution >= 4 is 34.8 Å². The van der Waals surface area contributed by atoms with Crippen molar-refractivity contribution < 1.29 is 14.3 Å². The van der Waals surface area contributed by atoms with Crippen LogP contribution in [0.1, 0.15) is 12.5 Å². The maximum Gasteiger partial charge on any atom is 0.268 e. The number of rotatable bonds is 3. The number of anilines is 2. The molecule has 0 aliphatic carbocycles. The first kappa shape index (κ1) is 16.3. The molecule has 1 aliphatic heterocycles. The lowest BCUT2D eigenvalue weighted by atomic mass is 10.1. The third kappa shape index (κ3) is 3.21. The number of hydrogen-bond donors (Lipinski definition) is 1. The molecule has 1 unspecified atom stereocenters. The molecule has 1 heterocycles. The molecule has 0 saturated heterocycles. The first-order valence-corrected chi connectivity index (χ1v) is 7.96. The van der Waals surface area contributed by atoms with Gasteiger partial charge in [-0.2, -0.15) is 0 Å². The Hall–Kier alpha value is -2.53. The number of halogens is 1. The van der Waals surface area contributed by atoms with E-state index in [1.807, 2.05) is 19.1 Å². The van der Waals surface area contributed by atoms with Crippen LogP contribution >= 0.6 is 11.6 Å². The molecule has 2 amide bonds. The zero-order chi connectivity index (χ0) is 17.3. The highest BCUT2D eigenvalue weighted by atomic mass is 35.5. The van der Waals surface area contributed by atoms with E-state index in [2.05, 4.69) is 5.32 Å². The van der Waals surface area contributed by atoms with Gasteiger partial charge in [0.1, 0.15) is 12.3 Å². The molecular weight excluding hydrogens is 328 g/mol. The van der Waals surface area contributed by atoms with Gasteiger partial charge in [0.2, 0.25) is 5.91 Å². The number of aryl methyl sites for hydroxylation is 1. The van der Waals surface area contributed by atoms with Crippen molar-refractivity contribution in [1.29, 1.82) is 0 Å². The molecular formula is C18H17ClN2O3. The van der Waals surface area contributed by atoms with Gasteiger partial charge in [0, 0.05) is 0 Å². The number of nitrogens with one attached hydrogen (secondary N) is 1. The molecule has 0 aromatic heterocycles. The zero-order valence-corrected chi connectivity index (χ0v) is 14.1. The van der Waals surface area contributed by atoms with Crippen LogP contribution in [0, 0.1) is 6.92 Å². The lowest BCUT2D eigenvalue weighted by Gasteiger charge is -2.31. The normalized spacial score (nSPS) is 14.6. The molecule has 0 bridgehead atoms. The van der Waals surface area contributed by atoms with Gasteiger partial charge in [-0.1, -0.05) is 29.8 Å². The van der Waals surface area contributed by atoms with E-state index < -0.39 is 6.10 Å². The molecule has 24 heavy (non-hydrogen) atoms. The summed E-state index contributed by atoms with van der Waals surface area (Å²) < 4.78 is 5.74. The Kier molecular flexibility index (Phi) is 4.44. The summed E-state index contributed by atoms with van der Waals surface area (Å²) in [4.78, 5) is 26.1. The second-order valence-corrected chi connectivity index (χ2v) is 6.09. The number of nitrogens with zero attached hydrogens (tertiary/aromatic N) is 1. The molecule has 0 spiro atoms. The van der Waals surface area contributed by atoms with Crippen LogP contribution in [0.3, 0.4) is 0 Å². The second-order valence-electron chi connectivity index (χ2n) is 5.68. The smallest absolute Gasteiger partial charge is 0.268 e. The summed E-state index contributed by atoms with van der Waals surface area (Å²) in [5.74, 6) is -0.0787. The number of carbonyl (C=O) groups excluding carboxylic acids is 2. The van der Waals surface area contributed by atoms with E-state index in [1.54, 1.807) is 37.3 Å². The Labute approximate surface area is 145 Å². The first-order valence-electron chi connectivity index (χ1n) is 7.59. The van der Waals surface area contributed by atoms with Crippen molar-refractivity contribution in [3.63, 3.8) is 0 Å². The highest BCUT2D eigenvalue weighted by Gasteiger charge is 2.30. The minimum atomic E-state index is -0.775. The lowest BCUT2D eigenvalue weighted by Crippen LogP contribution is -2.47. The Morgan fingerprint density at radius 2 is 2.04 bits per heavy atom. The van der Waals surface area contributed by atoms with E-state index in [4.69, 9.17) is 16.3 Å². The molecule has 0 radical (unpaired) electrons. The minimum absolute atomic E-state index is 0.0366. The summed E-state index contributed by atoms with van der Waals surface area (Å²) >= 11 is 6.12. The quantitative estimate of drug-likeness (QED) is 0.928. The van der Waals surface area contributed by atoms with Gasteiger partial charge in [0.15, 0.2) is 6.10 Å². The summed E-state index contributed by atoms with van der Waals surface area (Å²) in [6.07, 6.45) is -0.775. The van der Waals surface area contributed by atoms with E-state index >= 15 is 0 Å². The van der Waals surface area contributed by atoms with Crippen LogP contribution in [0.5, 0.6) is 5.75 Å². The zero-order valence-electron chi connectivity index (χ0n) is 13.4. The number of amides is 2. The van der Waals surface area contributed by atoms with Gasteiger partial charge in [0.25, 0.3) is 5.91 Å². The summed E-state index contributed by atoms with van der Waals surface area (Å²) in [6.45, 7) is 3.53. The number of hydrogen-bond acceptors (Lipinski definition) is 3. The minimum Gasteiger partial charge on any atom is -0.479 e. The van der Waals surface area contributed by atoms with Crippen molar-refractivity contribution in [2.75, 3.05) is 16.8 Å². The van der Waals surface area contributed by atoms with Crippen molar-refractivity contribution in [2.45, 2.75) is 20.0 Å². The molecule has 0 saturated carbocycles. The fourth-order valence-electron chi connectivity index (χ4n) is 2.59. The largest absolute Gasteiger partial charge is 0.479 e. The highest BCUT2D eigenvalue weighted by Crippen LogP contribution is 2.31. The van der Waals surface area contributed by atoms with Gasteiger partial charge < -0.3 is 10.1 Å². The average molecular weight is 345 g/mol. The van der Waals surface area contributed by atoms with Crippen LogP contribution in [-0.4, -0.2) is 24.5 Å². The van der Waals surface area contributed by atoms with Gasteiger partial charge in [0.05, 0.1) is 16.4 Å². The summed E-state index contributed by atoms with van der Waals surface area (Å²) in [7, 11) is 0. The predicted octanol–water partition coefficient (Wildman–Crippen LogP) is 3.40. The summed E-state index contributed by atoms with van der Waals surface area (Å²) in [5.41, 5.74) is 2.26. The molecule has 5 nitrogen and oxygen atoms in total. The summed E-state index contributed by atoms with van der Waals surface area (Å²) in [5, 5.41) is 3.20. The van der Waals surface area contributed by atoms with Gasteiger partial charge in [-0.3, -0.25) is 14.5 Å². The van der Waals surface area contributed by atoms with Crippen LogP contribution < -0.4 is 15.0 Å². The van der Waals surface area contributed by atoms with E-state index in [0.717, 1.165) is 5.56 Å². The van der Waals surface area contributed by atoms with E-state index in [0.29, 0.717) is 22.1 Å². The van der Waals surface area contributed by atoms with Gasteiger partial charge in [-0.15, -0.1) is 0 Å². The Balaban J connectivity index is 1.83. The Morgan fingerprint density at radius 3 is 2.83 bits per heavy atom. The number of carbonyl (C=O) groups is 2. The molecule has 1 atom stereocenters. The Morgan fingerprint density at radius 1 is 1.29 bits per heavy atom. The molecule has 1 N–H and O–H groups in total.